The number of hydrogen-bond acceptors (Lipinski definition) is 1. The Bertz CT molecular complexity index is 368. The number of benzene rings is 1. The second-order valence-electron chi connectivity index (χ2n) is 3.78. The Balaban J connectivity index is 2.71. The van der Waals surface area contributed by atoms with Crippen LogP contribution in [0.15, 0.2) is 24.3 Å². The molecule has 0 aliphatic heterocycles. The van der Waals surface area contributed by atoms with E-state index in [1.54, 1.807) is 18.2 Å². The molecule has 0 bridgehead atoms. The second kappa shape index (κ2) is 6.89. The van der Waals surface area contributed by atoms with Gasteiger partial charge in [0.25, 0.3) is 0 Å². The maximum Gasteiger partial charge on any atom is 0.321 e. The summed E-state index contributed by atoms with van der Waals surface area (Å²) in [5.74, 6) is -0.375. The summed E-state index contributed by atoms with van der Waals surface area (Å²) in [5, 5.41) is 2.78. The van der Waals surface area contributed by atoms with Gasteiger partial charge in [-0.3, -0.25) is 4.90 Å². The molecule has 0 atom stereocenters. The summed E-state index contributed by atoms with van der Waals surface area (Å²) < 4.78 is 13.6. The highest BCUT2D eigenvalue weighted by atomic mass is 19.1. The van der Waals surface area contributed by atoms with E-state index in [4.69, 9.17) is 0 Å². The number of amides is 2. The molecule has 0 saturated carbocycles. The first-order valence-corrected chi connectivity index (χ1v) is 6.00. The predicted molar refractivity (Wildman–Crippen MR) is 67.7 cm³/mol. The van der Waals surface area contributed by atoms with Crippen LogP contribution in [0, 0.1) is 5.82 Å². The van der Waals surface area contributed by atoms with Crippen molar-refractivity contribution in [2.45, 2.75) is 26.7 Å². The highest BCUT2D eigenvalue weighted by Gasteiger charge is 2.15. The van der Waals surface area contributed by atoms with Gasteiger partial charge in [0.2, 0.25) is 0 Å². The van der Waals surface area contributed by atoms with Gasteiger partial charge in [-0.25, -0.2) is 9.18 Å². The lowest BCUT2D eigenvalue weighted by molar-refractivity contribution is 0.246. The van der Waals surface area contributed by atoms with Crippen LogP contribution in [-0.2, 0) is 0 Å². The van der Waals surface area contributed by atoms with Crippen molar-refractivity contribution in [2.24, 2.45) is 0 Å². The lowest BCUT2D eigenvalue weighted by Gasteiger charge is -2.21. The molecule has 1 rings (SSSR count). The average molecular weight is 238 g/mol. The number of urea groups is 1. The molecule has 0 aromatic heterocycles. The fourth-order valence-electron chi connectivity index (χ4n) is 1.56. The maximum atomic E-state index is 13.6. The van der Waals surface area contributed by atoms with Crippen LogP contribution < -0.4 is 10.2 Å². The van der Waals surface area contributed by atoms with Crippen LogP contribution in [0.5, 0.6) is 0 Å². The van der Waals surface area contributed by atoms with Crippen LogP contribution in [0.4, 0.5) is 14.9 Å². The average Bonchev–Trinajstić information content (AvgIpc) is 2.33. The molecule has 0 heterocycles. The second-order valence-corrected chi connectivity index (χ2v) is 3.78. The van der Waals surface area contributed by atoms with Crippen molar-refractivity contribution in [1.82, 2.24) is 5.32 Å². The Kier molecular flexibility index (Phi) is 5.46. The minimum Gasteiger partial charge on any atom is -0.338 e. The SMILES string of the molecule is CCCCNC(=O)N(CC)c1ccccc1F. The zero-order chi connectivity index (χ0) is 12.7. The summed E-state index contributed by atoms with van der Waals surface area (Å²) in [4.78, 5) is 13.3. The number of nitrogens with one attached hydrogen (secondary N) is 1. The van der Waals surface area contributed by atoms with Crippen molar-refractivity contribution >= 4 is 11.7 Å². The van der Waals surface area contributed by atoms with Gasteiger partial charge in [0.1, 0.15) is 5.82 Å². The largest absolute Gasteiger partial charge is 0.338 e. The number of para-hydroxylation sites is 1. The normalized spacial score (nSPS) is 10.1. The summed E-state index contributed by atoms with van der Waals surface area (Å²) in [7, 11) is 0. The van der Waals surface area contributed by atoms with E-state index in [2.05, 4.69) is 12.2 Å². The first kappa shape index (κ1) is 13.5. The number of anilines is 1. The molecular formula is C13H19FN2O. The van der Waals surface area contributed by atoms with Gasteiger partial charge in [-0.1, -0.05) is 25.5 Å². The van der Waals surface area contributed by atoms with Gasteiger partial charge in [-0.05, 0) is 25.5 Å². The fourth-order valence-corrected chi connectivity index (χ4v) is 1.56. The third kappa shape index (κ3) is 3.73. The summed E-state index contributed by atoms with van der Waals surface area (Å²) in [6, 6.07) is 6.06. The van der Waals surface area contributed by atoms with Gasteiger partial charge in [0.15, 0.2) is 0 Å². The number of carbonyl (C=O) groups is 1. The Morgan fingerprint density at radius 3 is 2.65 bits per heavy atom. The molecular weight excluding hydrogens is 219 g/mol. The molecule has 4 heteroatoms. The van der Waals surface area contributed by atoms with Gasteiger partial charge < -0.3 is 5.32 Å². The first-order valence-electron chi connectivity index (χ1n) is 6.00. The summed E-state index contributed by atoms with van der Waals surface area (Å²) in [6.45, 7) is 4.95. The topological polar surface area (TPSA) is 32.3 Å². The van der Waals surface area contributed by atoms with E-state index in [-0.39, 0.29) is 11.8 Å². The van der Waals surface area contributed by atoms with Gasteiger partial charge in [0, 0.05) is 13.1 Å². The van der Waals surface area contributed by atoms with Gasteiger partial charge in [-0.15, -0.1) is 0 Å². The summed E-state index contributed by atoms with van der Waals surface area (Å²) in [5.41, 5.74) is 0.323. The Morgan fingerprint density at radius 2 is 2.06 bits per heavy atom. The van der Waals surface area contributed by atoms with Crippen molar-refractivity contribution in [3.05, 3.63) is 30.1 Å². The molecule has 0 saturated heterocycles. The molecule has 0 radical (unpaired) electrons. The van der Waals surface area contributed by atoms with Gasteiger partial charge in [-0.2, -0.15) is 0 Å². The van der Waals surface area contributed by atoms with Crippen molar-refractivity contribution in [3.8, 4) is 0 Å². The van der Waals surface area contributed by atoms with Crippen LogP contribution in [0.3, 0.4) is 0 Å². The van der Waals surface area contributed by atoms with E-state index in [1.165, 1.54) is 11.0 Å². The van der Waals surface area contributed by atoms with Gasteiger partial charge >= 0.3 is 6.03 Å². The standard InChI is InChI=1S/C13H19FN2O/c1-3-5-10-15-13(17)16(4-2)12-9-7-6-8-11(12)14/h6-9H,3-5,10H2,1-2H3,(H,15,17). The molecule has 2 amide bonds. The number of carbonyl (C=O) groups excluding carboxylic acids is 1. The van der Waals surface area contributed by atoms with Crippen molar-refractivity contribution in [3.63, 3.8) is 0 Å². The number of nitrogens with zero attached hydrogens (tertiary/aromatic N) is 1. The van der Waals surface area contributed by atoms with E-state index in [9.17, 15) is 9.18 Å². The van der Waals surface area contributed by atoms with E-state index >= 15 is 0 Å². The third-order valence-corrected chi connectivity index (χ3v) is 2.51. The highest BCUT2D eigenvalue weighted by Crippen LogP contribution is 2.18. The zero-order valence-corrected chi connectivity index (χ0v) is 10.4. The predicted octanol–water partition coefficient (Wildman–Crippen LogP) is 3.16. The lowest BCUT2D eigenvalue weighted by Crippen LogP contribution is -2.40. The zero-order valence-electron chi connectivity index (χ0n) is 10.4. The third-order valence-electron chi connectivity index (χ3n) is 2.51. The van der Waals surface area contributed by atoms with Crippen molar-refractivity contribution in [2.75, 3.05) is 18.0 Å². The van der Waals surface area contributed by atoms with Gasteiger partial charge in [0.05, 0.1) is 5.69 Å². The molecule has 94 valence electrons. The minimum atomic E-state index is -0.375. The molecule has 0 spiro atoms. The summed E-state index contributed by atoms with van der Waals surface area (Å²) in [6.07, 6.45) is 1.95. The number of halogens is 1. The number of hydrogen-bond donors (Lipinski definition) is 1. The molecule has 0 aliphatic carbocycles. The van der Waals surface area contributed by atoms with Crippen LogP contribution in [-0.4, -0.2) is 19.1 Å². The fraction of sp³-hybridized carbons (Fsp3) is 0.462. The van der Waals surface area contributed by atoms with Crippen molar-refractivity contribution < 1.29 is 9.18 Å². The smallest absolute Gasteiger partial charge is 0.321 e. The van der Waals surface area contributed by atoms with Crippen LogP contribution >= 0.6 is 0 Å². The Morgan fingerprint density at radius 1 is 1.35 bits per heavy atom. The Hall–Kier alpha value is -1.58. The maximum absolute atomic E-state index is 13.6. The van der Waals surface area contributed by atoms with E-state index in [1.807, 2.05) is 6.92 Å². The molecule has 1 aromatic rings. The molecule has 1 N–H and O–H groups in total. The molecule has 3 nitrogen and oxygen atoms in total. The lowest BCUT2D eigenvalue weighted by atomic mass is 10.3. The minimum absolute atomic E-state index is 0.244. The van der Waals surface area contributed by atoms with E-state index < -0.39 is 0 Å². The first-order chi connectivity index (χ1) is 8.20. The monoisotopic (exact) mass is 238 g/mol. The van der Waals surface area contributed by atoms with Crippen LogP contribution in [0.1, 0.15) is 26.7 Å². The van der Waals surface area contributed by atoms with Crippen molar-refractivity contribution in [1.29, 1.82) is 0 Å². The molecule has 0 fully saturated rings. The van der Waals surface area contributed by atoms with Crippen LogP contribution in [0.2, 0.25) is 0 Å². The highest BCUT2D eigenvalue weighted by molar-refractivity contribution is 5.91. The van der Waals surface area contributed by atoms with Crippen LogP contribution in [0.25, 0.3) is 0 Å². The molecule has 0 aliphatic rings. The summed E-state index contributed by atoms with van der Waals surface area (Å²) >= 11 is 0. The molecule has 1 aromatic carbocycles. The number of unbranched alkanes of at least 4 members (excludes halogenated alkanes) is 1. The molecule has 0 unspecified atom stereocenters. The quantitative estimate of drug-likeness (QED) is 0.785. The molecule has 17 heavy (non-hydrogen) atoms. The van der Waals surface area contributed by atoms with E-state index in [0.717, 1.165) is 12.8 Å². The van der Waals surface area contributed by atoms with E-state index in [0.29, 0.717) is 18.8 Å². The number of rotatable bonds is 5. The Labute approximate surface area is 102 Å².